The van der Waals surface area contributed by atoms with Gasteiger partial charge in [-0.2, -0.15) is 5.10 Å². The number of anilines is 1. The maximum Gasteiger partial charge on any atom is 0.133 e. The summed E-state index contributed by atoms with van der Waals surface area (Å²) in [5, 5.41) is 9.08. The minimum absolute atomic E-state index is 0.757. The highest BCUT2D eigenvalue weighted by Gasteiger charge is 2.24. The van der Waals surface area contributed by atoms with Crippen molar-refractivity contribution in [3.8, 4) is 16.9 Å². The number of nitrogens with one attached hydrogen (secondary N) is 1. The summed E-state index contributed by atoms with van der Waals surface area (Å²) in [5.41, 5.74) is 5.44. The van der Waals surface area contributed by atoms with Gasteiger partial charge in [0.1, 0.15) is 5.82 Å². The molecule has 1 aliphatic rings. The lowest BCUT2D eigenvalue weighted by atomic mass is 10.1. The quantitative estimate of drug-likeness (QED) is 0.651. The van der Waals surface area contributed by atoms with Crippen LogP contribution in [-0.4, -0.2) is 16.3 Å². The third-order valence-corrected chi connectivity index (χ3v) is 5.28. The van der Waals surface area contributed by atoms with Crippen LogP contribution in [0.3, 0.4) is 0 Å². The predicted molar refractivity (Wildman–Crippen MR) is 98.6 cm³/mol. The third-order valence-electron chi connectivity index (χ3n) is 4.18. The minimum atomic E-state index is 0.757. The summed E-state index contributed by atoms with van der Waals surface area (Å²) in [7, 11) is 0. The molecule has 0 fully saturated rings. The van der Waals surface area contributed by atoms with Crippen LogP contribution in [0.25, 0.3) is 16.9 Å². The first-order valence-electron chi connectivity index (χ1n) is 7.52. The standard InChI is InChI=1S/C18H15BrClN3/c1-11-6-7-12(10-16(11)20)23-18-14(8-9-21-18)17(22-23)13-4-2-3-5-15(13)19/h2-7,10,21H,8-9H2,1H3. The number of nitrogens with zero attached hydrogens (tertiary/aromatic N) is 2. The van der Waals surface area contributed by atoms with E-state index in [0.29, 0.717) is 0 Å². The zero-order valence-corrected chi connectivity index (χ0v) is 14.9. The molecule has 2 heterocycles. The second-order valence-corrected chi connectivity index (χ2v) is 6.94. The number of aromatic nitrogens is 2. The molecule has 0 aliphatic carbocycles. The molecular weight excluding hydrogens is 374 g/mol. The van der Waals surface area contributed by atoms with E-state index < -0.39 is 0 Å². The van der Waals surface area contributed by atoms with Gasteiger partial charge in [0.25, 0.3) is 0 Å². The Hall–Kier alpha value is -1.78. The van der Waals surface area contributed by atoms with Gasteiger partial charge < -0.3 is 5.32 Å². The van der Waals surface area contributed by atoms with Crippen molar-refractivity contribution >= 4 is 33.3 Å². The second kappa shape index (κ2) is 5.69. The highest BCUT2D eigenvalue weighted by atomic mass is 79.9. The Balaban J connectivity index is 1.91. The van der Waals surface area contributed by atoms with Crippen molar-refractivity contribution in [2.45, 2.75) is 13.3 Å². The Labute approximate surface area is 148 Å². The molecule has 5 heteroatoms. The summed E-state index contributed by atoms with van der Waals surface area (Å²) in [6.07, 6.45) is 0.978. The number of fused-ring (bicyclic) bond motifs is 1. The van der Waals surface area contributed by atoms with Crippen LogP contribution in [0.5, 0.6) is 0 Å². The lowest BCUT2D eigenvalue weighted by Gasteiger charge is -2.08. The highest BCUT2D eigenvalue weighted by Crippen LogP contribution is 2.37. The summed E-state index contributed by atoms with van der Waals surface area (Å²) < 4.78 is 3.02. The van der Waals surface area contributed by atoms with Crippen LogP contribution in [-0.2, 0) is 6.42 Å². The fourth-order valence-corrected chi connectivity index (χ4v) is 3.59. The first-order chi connectivity index (χ1) is 11.1. The van der Waals surface area contributed by atoms with E-state index in [4.69, 9.17) is 16.7 Å². The highest BCUT2D eigenvalue weighted by molar-refractivity contribution is 9.10. The molecule has 0 atom stereocenters. The fourth-order valence-electron chi connectivity index (χ4n) is 2.94. The lowest BCUT2D eigenvalue weighted by molar-refractivity contribution is 0.882. The summed E-state index contributed by atoms with van der Waals surface area (Å²) in [5.74, 6) is 1.07. The van der Waals surface area contributed by atoms with Crippen LogP contribution in [0.4, 0.5) is 5.82 Å². The molecule has 116 valence electrons. The first kappa shape index (κ1) is 14.8. The van der Waals surface area contributed by atoms with Gasteiger partial charge in [-0.15, -0.1) is 0 Å². The number of rotatable bonds is 2. The van der Waals surface area contributed by atoms with Gasteiger partial charge >= 0.3 is 0 Å². The van der Waals surface area contributed by atoms with Crippen LogP contribution in [0, 0.1) is 6.92 Å². The van der Waals surface area contributed by atoms with Gasteiger partial charge in [-0.1, -0.05) is 51.8 Å². The molecule has 2 aromatic carbocycles. The Kier molecular flexibility index (Phi) is 3.66. The Morgan fingerprint density at radius 2 is 2.04 bits per heavy atom. The molecule has 3 aromatic rings. The number of benzene rings is 2. The molecule has 0 bridgehead atoms. The molecule has 1 aliphatic heterocycles. The van der Waals surface area contributed by atoms with Crippen molar-refractivity contribution in [1.82, 2.24) is 9.78 Å². The zero-order valence-electron chi connectivity index (χ0n) is 12.6. The van der Waals surface area contributed by atoms with Gasteiger partial charge in [-0.3, -0.25) is 0 Å². The van der Waals surface area contributed by atoms with E-state index in [-0.39, 0.29) is 0 Å². The van der Waals surface area contributed by atoms with Gasteiger partial charge in [-0.05, 0) is 37.1 Å². The van der Waals surface area contributed by atoms with Crippen molar-refractivity contribution in [2.75, 3.05) is 11.9 Å². The molecule has 0 radical (unpaired) electrons. The predicted octanol–water partition coefficient (Wildman–Crippen LogP) is 5.23. The van der Waals surface area contributed by atoms with Gasteiger partial charge in [0.15, 0.2) is 0 Å². The van der Waals surface area contributed by atoms with Crippen LogP contribution in [0.1, 0.15) is 11.1 Å². The number of aryl methyl sites for hydroxylation is 1. The molecule has 1 aromatic heterocycles. The average Bonchev–Trinajstić information content (AvgIpc) is 3.13. The van der Waals surface area contributed by atoms with E-state index in [1.54, 1.807) is 0 Å². The molecule has 23 heavy (non-hydrogen) atoms. The third kappa shape index (κ3) is 2.46. The molecule has 1 N–H and O–H groups in total. The molecule has 0 saturated heterocycles. The second-order valence-electron chi connectivity index (χ2n) is 5.68. The maximum absolute atomic E-state index is 6.29. The largest absolute Gasteiger partial charge is 0.369 e. The normalized spacial score (nSPS) is 13.0. The van der Waals surface area contributed by atoms with Crippen LogP contribution in [0.2, 0.25) is 5.02 Å². The zero-order chi connectivity index (χ0) is 16.0. The first-order valence-corrected chi connectivity index (χ1v) is 8.69. The maximum atomic E-state index is 6.29. The number of hydrogen-bond acceptors (Lipinski definition) is 2. The SMILES string of the molecule is Cc1ccc(-n2nc(-c3ccccc3Br)c3c2NCC3)cc1Cl. The Morgan fingerprint density at radius 3 is 2.83 bits per heavy atom. The molecule has 0 spiro atoms. The summed E-state index contributed by atoms with van der Waals surface area (Å²) in [6.45, 7) is 2.94. The summed E-state index contributed by atoms with van der Waals surface area (Å²) in [6, 6.07) is 14.2. The van der Waals surface area contributed by atoms with Gasteiger partial charge in [-0.25, -0.2) is 4.68 Å². The van der Waals surface area contributed by atoms with Crippen LogP contribution in [0.15, 0.2) is 46.9 Å². The Morgan fingerprint density at radius 1 is 1.22 bits per heavy atom. The van der Waals surface area contributed by atoms with E-state index in [1.165, 1.54) is 5.56 Å². The van der Waals surface area contributed by atoms with Crippen LogP contribution >= 0.6 is 27.5 Å². The van der Waals surface area contributed by atoms with Gasteiger partial charge in [0.2, 0.25) is 0 Å². The van der Waals surface area contributed by atoms with E-state index in [2.05, 4.69) is 33.4 Å². The molecule has 4 rings (SSSR count). The topological polar surface area (TPSA) is 29.9 Å². The molecule has 0 unspecified atom stereocenters. The molecule has 0 amide bonds. The monoisotopic (exact) mass is 387 g/mol. The van der Waals surface area contributed by atoms with Crippen molar-refractivity contribution in [3.05, 3.63) is 63.1 Å². The smallest absolute Gasteiger partial charge is 0.133 e. The van der Waals surface area contributed by atoms with Crippen molar-refractivity contribution in [3.63, 3.8) is 0 Å². The van der Waals surface area contributed by atoms with Crippen molar-refractivity contribution < 1.29 is 0 Å². The molecular formula is C18H15BrClN3. The molecule has 3 nitrogen and oxygen atoms in total. The average molecular weight is 389 g/mol. The fraction of sp³-hybridized carbons (Fsp3) is 0.167. The van der Waals surface area contributed by atoms with Gasteiger partial charge in [0, 0.05) is 27.2 Å². The van der Waals surface area contributed by atoms with Gasteiger partial charge in [0.05, 0.1) is 11.4 Å². The Bertz CT molecular complexity index is 901. The number of halogens is 2. The molecule has 0 saturated carbocycles. The number of hydrogen-bond donors (Lipinski definition) is 1. The lowest BCUT2D eigenvalue weighted by Crippen LogP contribution is -2.04. The van der Waals surface area contributed by atoms with E-state index in [1.807, 2.05) is 41.9 Å². The van der Waals surface area contributed by atoms with Crippen molar-refractivity contribution in [1.29, 1.82) is 0 Å². The van der Waals surface area contributed by atoms with Crippen LogP contribution < -0.4 is 5.32 Å². The van der Waals surface area contributed by atoms with E-state index in [9.17, 15) is 0 Å². The van der Waals surface area contributed by atoms with E-state index in [0.717, 1.165) is 50.8 Å². The summed E-state index contributed by atoms with van der Waals surface area (Å²) in [4.78, 5) is 0. The van der Waals surface area contributed by atoms with E-state index >= 15 is 0 Å². The minimum Gasteiger partial charge on any atom is -0.369 e. The summed E-state index contributed by atoms with van der Waals surface area (Å²) >= 11 is 9.93. The van der Waals surface area contributed by atoms with Crippen molar-refractivity contribution in [2.24, 2.45) is 0 Å².